The van der Waals surface area contributed by atoms with Crippen LogP contribution in [0.1, 0.15) is 5.69 Å². The molecule has 0 aromatic carbocycles. The third kappa shape index (κ3) is 5.06. The van der Waals surface area contributed by atoms with Gasteiger partial charge in [-0.25, -0.2) is 4.79 Å². The number of H-pyrrole nitrogens is 2. The Labute approximate surface area is 113 Å². The minimum atomic E-state index is -1.16. The molecule has 1 heterocycles. The van der Waals surface area contributed by atoms with E-state index in [1.807, 2.05) is 4.98 Å². The minimum absolute atomic E-state index is 0.106. The van der Waals surface area contributed by atoms with Gasteiger partial charge in [0, 0.05) is 25.4 Å². The van der Waals surface area contributed by atoms with Gasteiger partial charge < -0.3 is 19.7 Å². The Balaban J connectivity index is 2.81. The zero-order chi connectivity index (χ0) is 15.1. The average molecular weight is 285 g/mol. The number of carboxylic acid groups (broad SMARTS) is 1. The number of carboxylic acids is 1. The number of hydrogen-bond donors (Lipinski definition) is 3. The van der Waals surface area contributed by atoms with Crippen molar-refractivity contribution >= 4 is 11.9 Å². The summed E-state index contributed by atoms with van der Waals surface area (Å²) in [6.45, 7) is -0.185. The predicted molar refractivity (Wildman–Crippen MR) is 67.5 cm³/mol. The molecule has 0 saturated carbocycles. The topological polar surface area (TPSA) is 133 Å². The zero-order valence-electron chi connectivity index (χ0n) is 10.8. The lowest BCUT2D eigenvalue weighted by Gasteiger charge is -2.20. The largest absolute Gasteiger partial charge is 0.480 e. The molecule has 1 aromatic heterocycles. The van der Waals surface area contributed by atoms with Crippen molar-refractivity contribution in [1.82, 2.24) is 14.9 Å². The number of rotatable bonds is 7. The number of aliphatic carboxylic acids is 1. The van der Waals surface area contributed by atoms with Crippen LogP contribution in [0.25, 0.3) is 0 Å². The van der Waals surface area contributed by atoms with Crippen LogP contribution < -0.4 is 11.2 Å². The van der Waals surface area contributed by atoms with Crippen LogP contribution in [0.4, 0.5) is 0 Å². The van der Waals surface area contributed by atoms with Crippen molar-refractivity contribution in [3.05, 3.63) is 32.6 Å². The molecule has 1 rings (SSSR count). The maximum absolute atomic E-state index is 11.9. The van der Waals surface area contributed by atoms with Gasteiger partial charge in [-0.1, -0.05) is 0 Å². The maximum Gasteiger partial charge on any atom is 0.325 e. The molecule has 0 aliphatic rings. The number of nitrogens with one attached hydrogen (secondary N) is 2. The molecule has 9 nitrogen and oxygen atoms in total. The third-order valence-corrected chi connectivity index (χ3v) is 2.40. The molecule has 110 valence electrons. The van der Waals surface area contributed by atoms with Crippen molar-refractivity contribution in [2.45, 2.75) is 6.42 Å². The predicted octanol–water partition coefficient (Wildman–Crippen LogP) is -1.83. The summed E-state index contributed by atoms with van der Waals surface area (Å²) in [5.41, 5.74) is -1.23. The highest BCUT2D eigenvalue weighted by Crippen LogP contribution is 1.97. The van der Waals surface area contributed by atoms with Crippen LogP contribution in [0.3, 0.4) is 0 Å². The van der Waals surface area contributed by atoms with E-state index in [4.69, 9.17) is 9.84 Å². The van der Waals surface area contributed by atoms with E-state index in [0.29, 0.717) is 0 Å². The second-order valence-electron chi connectivity index (χ2n) is 3.99. The van der Waals surface area contributed by atoms with E-state index in [0.717, 1.165) is 11.0 Å². The number of hydrogen-bond acceptors (Lipinski definition) is 5. The quantitative estimate of drug-likeness (QED) is 0.539. The molecule has 0 fully saturated rings. The molecule has 0 aliphatic heterocycles. The normalized spacial score (nSPS) is 10.2. The SMILES string of the molecule is COCCN(CC(=O)O)C(=O)Cc1cc(=O)[nH]c(=O)[nH]1. The molecule has 20 heavy (non-hydrogen) atoms. The van der Waals surface area contributed by atoms with Gasteiger partial charge in [-0.15, -0.1) is 0 Å². The Bertz CT molecular complexity index is 562. The summed E-state index contributed by atoms with van der Waals surface area (Å²) in [4.78, 5) is 50.2. The van der Waals surface area contributed by atoms with Crippen molar-refractivity contribution in [2.24, 2.45) is 0 Å². The molecular weight excluding hydrogens is 270 g/mol. The van der Waals surface area contributed by atoms with E-state index < -0.39 is 29.7 Å². The number of methoxy groups -OCH3 is 1. The van der Waals surface area contributed by atoms with Crippen LogP contribution in [0.2, 0.25) is 0 Å². The average Bonchev–Trinajstić information content (AvgIpc) is 2.32. The standard InChI is InChI=1S/C11H15N3O6/c1-20-3-2-14(6-10(17)18)9(16)5-7-4-8(15)13-11(19)12-7/h4H,2-3,5-6H2,1H3,(H,17,18)(H2,12,13,15,19). The summed E-state index contributed by atoms with van der Waals surface area (Å²) in [7, 11) is 1.43. The lowest BCUT2D eigenvalue weighted by Crippen LogP contribution is -2.39. The summed E-state index contributed by atoms with van der Waals surface area (Å²) >= 11 is 0. The van der Waals surface area contributed by atoms with Crippen LogP contribution in [0.5, 0.6) is 0 Å². The molecule has 1 amide bonds. The van der Waals surface area contributed by atoms with E-state index in [1.54, 1.807) is 0 Å². The molecule has 0 spiro atoms. The summed E-state index contributed by atoms with van der Waals surface area (Å²) in [5.74, 6) is -1.68. The van der Waals surface area contributed by atoms with Gasteiger partial charge >= 0.3 is 11.7 Å². The first-order valence-corrected chi connectivity index (χ1v) is 5.73. The molecule has 1 aromatic rings. The van der Waals surface area contributed by atoms with Crippen LogP contribution >= 0.6 is 0 Å². The lowest BCUT2D eigenvalue weighted by molar-refractivity contribution is -0.144. The number of ether oxygens (including phenoxy) is 1. The number of aromatic nitrogens is 2. The van der Waals surface area contributed by atoms with Gasteiger partial charge in [0.2, 0.25) is 5.91 Å². The second kappa shape index (κ2) is 7.24. The molecule has 0 saturated heterocycles. The van der Waals surface area contributed by atoms with E-state index in [-0.39, 0.29) is 25.3 Å². The summed E-state index contributed by atoms with van der Waals surface area (Å²) in [6, 6.07) is 1.08. The fraction of sp³-hybridized carbons (Fsp3) is 0.455. The van der Waals surface area contributed by atoms with Gasteiger partial charge in [0.25, 0.3) is 5.56 Å². The zero-order valence-corrected chi connectivity index (χ0v) is 10.8. The Hall–Kier alpha value is -2.42. The Morgan fingerprint density at radius 3 is 2.60 bits per heavy atom. The fourth-order valence-electron chi connectivity index (χ4n) is 1.55. The number of carbonyl (C=O) groups is 2. The highest BCUT2D eigenvalue weighted by atomic mass is 16.5. The first-order chi connectivity index (χ1) is 9.42. The van der Waals surface area contributed by atoms with E-state index in [9.17, 15) is 19.2 Å². The fourth-order valence-corrected chi connectivity index (χ4v) is 1.55. The smallest absolute Gasteiger partial charge is 0.325 e. The number of amides is 1. The van der Waals surface area contributed by atoms with Gasteiger partial charge in [-0.3, -0.25) is 19.4 Å². The molecular formula is C11H15N3O6. The van der Waals surface area contributed by atoms with Crippen LogP contribution in [-0.2, 0) is 20.7 Å². The van der Waals surface area contributed by atoms with Crippen LogP contribution in [0, 0.1) is 0 Å². The third-order valence-electron chi connectivity index (χ3n) is 2.40. The summed E-state index contributed by atoms with van der Waals surface area (Å²) in [6.07, 6.45) is -0.268. The minimum Gasteiger partial charge on any atom is -0.480 e. The first kappa shape index (κ1) is 15.6. The highest BCUT2D eigenvalue weighted by Gasteiger charge is 2.17. The maximum atomic E-state index is 11.9. The summed E-state index contributed by atoms with van der Waals surface area (Å²) in [5, 5.41) is 8.74. The Kier molecular flexibility index (Phi) is 5.66. The van der Waals surface area contributed by atoms with Crippen LogP contribution in [0.15, 0.2) is 15.7 Å². The lowest BCUT2D eigenvalue weighted by atomic mass is 10.2. The van der Waals surface area contributed by atoms with E-state index >= 15 is 0 Å². The van der Waals surface area contributed by atoms with Gasteiger partial charge in [-0.2, -0.15) is 0 Å². The molecule has 0 radical (unpaired) electrons. The number of aromatic amines is 2. The van der Waals surface area contributed by atoms with Crippen molar-refractivity contribution in [3.63, 3.8) is 0 Å². The molecule has 0 unspecified atom stereocenters. The summed E-state index contributed by atoms with van der Waals surface area (Å²) < 4.78 is 4.79. The monoisotopic (exact) mass is 285 g/mol. The van der Waals surface area contributed by atoms with Crippen molar-refractivity contribution < 1.29 is 19.4 Å². The van der Waals surface area contributed by atoms with Gasteiger partial charge in [0.15, 0.2) is 0 Å². The van der Waals surface area contributed by atoms with Crippen molar-refractivity contribution in [3.8, 4) is 0 Å². The highest BCUT2D eigenvalue weighted by molar-refractivity contribution is 5.82. The number of carbonyl (C=O) groups excluding carboxylic acids is 1. The van der Waals surface area contributed by atoms with Crippen molar-refractivity contribution in [1.29, 1.82) is 0 Å². The molecule has 9 heteroatoms. The number of nitrogens with zero attached hydrogens (tertiary/aromatic N) is 1. The Morgan fingerprint density at radius 1 is 1.35 bits per heavy atom. The molecule has 0 atom stereocenters. The van der Waals surface area contributed by atoms with Gasteiger partial charge in [0.05, 0.1) is 13.0 Å². The van der Waals surface area contributed by atoms with Gasteiger partial charge in [0.1, 0.15) is 6.54 Å². The molecule has 3 N–H and O–H groups in total. The first-order valence-electron chi connectivity index (χ1n) is 5.73. The van der Waals surface area contributed by atoms with Crippen LogP contribution in [-0.4, -0.2) is 58.7 Å². The molecule has 0 bridgehead atoms. The van der Waals surface area contributed by atoms with E-state index in [2.05, 4.69) is 4.98 Å². The second-order valence-corrected chi connectivity index (χ2v) is 3.99. The molecule has 0 aliphatic carbocycles. The van der Waals surface area contributed by atoms with Gasteiger partial charge in [-0.05, 0) is 0 Å². The van der Waals surface area contributed by atoms with Crippen molar-refractivity contribution in [2.75, 3.05) is 26.8 Å². The Morgan fingerprint density at radius 2 is 2.05 bits per heavy atom. The van der Waals surface area contributed by atoms with E-state index in [1.165, 1.54) is 7.11 Å².